The van der Waals surface area contributed by atoms with Gasteiger partial charge in [0.2, 0.25) is 5.91 Å². The van der Waals surface area contributed by atoms with Crippen molar-refractivity contribution in [2.24, 2.45) is 0 Å². The van der Waals surface area contributed by atoms with Crippen molar-refractivity contribution in [2.45, 2.75) is 51.6 Å². The third-order valence-electron chi connectivity index (χ3n) is 4.06. The fourth-order valence-corrected chi connectivity index (χ4v) is 3.13. The smallest absolute Gasteiger partial charge is 0.234 e. The van der Waals surface area contributed by atoms with Gasteiger partial charge in [-0.2, -0.15) is 0 Å². The van der Waals surface area contributed by atoms with Crippen LogP contribution in [-0.2, 0) is 4.79 Å². The molecule has 2 fully saturated rings. The third kappa shape index (κ3) is 3.95. The number of piperazine rings is 1. The molecular weight excluding hydrogens is 226 g/mol. The van der Waals surface area contributed by atoms with Crippen molar-refractivity contribution in [3.05, 3.63) is 0 Å². The zero-order chi connectivity index (χ0) is 13.0. The number of nitrogens with one attached hydrogen (secondary N) is 1. The molecule has 0 bridgehead atoms. The lowest BCUT2D eigenvalue weighted by Crippen LogP contribution is -2.52. The van der Waals surface area contributed by atoms with E-state index in [4.69, 9.17) is 0 Å². The summed E-state index contributed by atoms with van der Waals surface area (Å²) in [7, 11) is 0. The van der Waals surface area contributed by atoms with E-state index in [1.165, 1.54) is 25.7 Å². The average molecular weight is 253 g/mol. The lowest BCUT2D eigenvalue weighted by molar-refractivity contribution is -0.123. The summed E-state index contributed by atoms with van der Waals surface area (Å²) in [5.41, 5.74) is 0. The Morgan fingerprint density at radius 3 is 2.33 bits per heavy atom. The van der Waals surface area contributed by atoms with E-state index in [1.807, 2.05) is 13.8 Å². The van der Waals surface area contributed by atoms with E-state index in [0.717, 1.165) is 32.2 Å². The molecule has 1 N–H and O–H groups in total. The van der Waals surface area contributed by atoms with Crippen molar-refractivity contribution < 1.29 is 4.79 Å². The zero-order valence-corrected chi connectivity index (χ0v) is 11.8. The highest BCUT2D eigenvalue weighted by Crippen LogP contribution is 2.24. The van der Waals surface area contributed by atoms with Gasteiger partial charge in [0.25, 0.3) is 0 Å². The van der Waals surface area contributed by atoms with Gasteiger partial charge in [0.15, 0.2) is 0 Å². The predicted octanol–water partition coefficient (Wildman–Crippen LogP) is 1.07. The summed E-state index contributed by atoms with van der Waals surface area (Å²) in [4.78, 5) is 16.6. The van der Waals surface area contributed by atoms with E-state index in [2.05, 4.69) is 15.1 Å². The minimum absolute atomic E-state index is 0.166. The fourth-order valence-electron chi connectivity index (χ4n) is 3.13. The highest BCUT2D eigenvalue weighted by Gasteiger charge is 2.26. The van der Waals surface area contributed by atoms with Crippen molar-refractivity contribution in [3.63, 3.8) is 0 Å². The second-order valence-electron chi connectivity index (χ2n) is 5.97. The molecule has 0 aromatic rings. The van der Waals surface area contributed by atoms with Crippen LogP contribution in [0.15, 0.2) is 0 Å². The number of carbonyl (C=O) groups is 1. The molecule has 1 heterocycles. The Balaban J connectivity index is 1.68. The van der Waals surface area contributed by atoms with Crippen LogP contribution in [0.25, 0.3) is 0 Å². The van der Waals surface area contributed by atoms with Gasteiger partial charge in [-0.15, -0.1) is 0 Å². The van der Waals surface area contributed by atoms with Crippen molar-refractivity contribution in [3.8, 4) is 0 Å². The number of carbonyl (C=O) groups excluding carboxylic acids is 1. The molecule has 18 heavy (non-hydrogen) atoms. The zero-order valence-electron chi connectivity index (χ0n) is 11.8. The number of rotatable bonds is 4. The van der Waals surface area contributed by atoms with Crippen molar-refractivity contribution >= 4 is 5.91 Å². The van der Waals surface area contributed by atoms with Crippen LogP contribution >= 0.6 is 0 Å². The SMILES string of the molecule is CC(C)NC(=O)CN1CCN(C2CCCC2)CC1. The maximum absolute atomic E-state index is 11.7. The summed E-state index contributed by atoms with van der Waals surface area (Å²) in [5.74, 6) is 0.166. The largest absolute Gasteiger partial charge is 0.353 e. The van der Waals surface area contributed by atoms with Gasteiger partial charge in [-0.05, 0) is 26.7 Å². The first-order valence-corrected chi connectivity index (χ1v) is 7.41. The Morgan fingerprint density at radius 2 is 1.78 bits per heavy atom. The highest BCUT2D eigenvalue weighted by atomic mass is 16.2. The van der Waals surface area contributed by atoms with Crippen molar-refractivity contribution in [1.29, 1.82) is 0 Å². The Labute approximate surface area is 111 Å². The number of nitrogens with zero attached hydrogens (tertiary/aromatic N) is 2. The molecule has 0 radical (unpaired) electrons. The van der Waals surface area contributed by atoms with Crippen LogP contribution in [-0.4, -0.2) is 60.5 Å². The van der Waals surface area contributed by atoms with E-state index < -0.39 is 0 Å². The molecule has 2 aliphatic rings. The second kappa shape index (κ2) is 6.53. The van der Waals surface area contributed by atoms with Crippen LogP contribution in [0.4, 0.5) is 0 Å². The van der Waals surface area contributed by atoms with E-state index in [9.17, 15) is 4.79 Å². The second-order valence-corrected chi connectivity index (χ2v) is 5.97. The lowest BCUT2D eigenvalue weighted by Gasteiger charge is -2.37. The van der Waals surface area contributed by atoms with E-state index >= 15 is 0 Å². The molecule has 1 amide bonds. The Kier molecular flexibility index (Phi) is 5.01. The van der Waals surface area contributed by atoms with Gasteiger partial charge in [-0.25, -0.2) is 0 Å². The van der Waals surface area contributed by atoms with Crippen LogP contribution in [0.3, 0.4) is 0 Å². The molecule has 1 aliphatic carbocycles. The quantitative estimate of drug-likeness (QED) is 0.814. The van der Waals surface area contributed by atoms with Crippen LogP contribution in [0.1, 0.15) is 39.5 Å². The number of hydrogen-bond donors (Lipinski definition) is 1. The van der Waals surface area contributed by atoms with Crippen LogP contribution in [0, 0.1) is 0 Å². The molecule has 104 valence electrons. The summed E-state index contributed by atoms with van der Waals surface area (Å²) < 4.78 is 0. The van der Waals surface area contributed by atoms with E-state index in [-0.39, 0.29) is 11.9 Å². The first kappa shape index (κ1) is 13.8. The minimum atomic E-state index is 0.166. The van der Waals surface area contributed by atoms with Gasteiger partial charge < -0.3 is 5.32 Å². The average Bonchev–Trinajstić information content (AvgIpc) is 2.82. The molecule has 2 rings (SSSR count). The van der Waals surface area contributed by atoms with E-state index in [0.29, 0.717) is 6.54 Å². The van der Waals surface area contributed by atoms with Crippen LogP contribution in [0.2, 0.25) is 0 Å². The summed E-state index contributed by atoms with van der Waals surface area (Å²) in [6, 6.07) is 1.08. The van der Waals surface area contributed by atoms with Gasteiger partial charge in [-0.1, -0.05) is 12.8 Å². The van der Waals surface area contributed by atoms with E-state index in [1.54, 1.807) is 0 Å². The molecule has 1 aliphatic heterocycles. The molecule has 4 nitrogen and oxygen atoms in total. The molecule has 0 unspecified atom stereocenters. The summed E-state index contributed by atoms with van der Waals surface area (Å²) in [6.45, 7) is 8.95. The van der Waals surface area contributed by atoms with Gasteiger partial charge in [-0.3, -0.25) is 14.6 Å². The minimum Gasteiger partial charge on any atom is -0.353 e. The van der Waals surface area contributed by atoms with Crippen molar-refractivity contribution in [1.82, 2.24) is 15.1 Å². The maximum atomic E-state index is 11.7. The topological polar surface area (TPSA) is 35.6 Å². The van der Waals surface area contributed by atoms with Gasteiger partial charge >= 0.3 is 0 Å². The predicted molar refractivity (Wildman–Crippen MR) is 73.5 cm³/mol. The summed E-state index contributed by atoms with van der Waals surface area (Å²) in [5, 5.41) is 2.96. The van der Waals surface area contributed by atoms with Gasteiger partial charge in [0.1, 0.15) is 0 Å². The summed E-state index contributed by atoms with van der Waals surface area (Å²) >= 11 is 0. The Hall–Kier alpha value is -0.610. The lowest BCUT2D eigenvalue weighted by atomic mass is 10.2. The Morgan fingerprint density at radius 1 is 1.17 bits per heavy atom. The number of hydrogen-bond acceptors (Lipinski definition) is 3. The first-order valence-electron chi connectivity index (χ1n) is 7.41. The number of amides is 1. The van der Waals surface area contributed by atoms with Gasteiger partial charge in [0, 0.05) is 38.3 Å². The monoisotopic (exact) mass is 253 g/mol. The fraction of sp³-hybridized carbons (Fsp3) is 0.929. The highest BCUT2D eigenvalue weighted by molar-refractivity contribution is 5.78. The molecular formula is C14H27N3O. The molecule has 1 saturated heterocycles. The normalized spacial score (nSPS) is 23.7. The Bertz CT molecular complexity index is 266. The molecule has 0 aromatic carbocycles. The van der Waals surface area contributed by atoms with Crippen LogP contribution < -0.4 is 5.32 Å². The third-order valence-corrected chi connectivity index (χ3v) is 4.06. The summed E-state index contributed by atoms with van der Waals surface area (Å²) in [6.07, 6.45) is 5.57. The molecule has 1 saturated carbocycles. The van der Waals surface area contributed by atoms with Gasteiger partial charge in [0.05, 0.1) is 6.54 Å². The molecule has 4 heteroatoms. The standard InChI is InChI=1S/C14H27N3O/c1-12(2)15-14(18)11-16-7-9-17(10-8-16)13-5-3-4-6-13/h12-13H,3-11H2,1-2H3,(H,15,18). The maximum Gasteiger partial charge on any atom is 0.234 e. The first-order chi connectivity index (χ1) is 8.65. The van der Waals surface area contributed by atoms with Crippen molar-refractivity contribution in [2.75, 3.05) is 32.7 Å². The molecule has 0 spiro atoms. The van der Waals surface area contributed by atoms with Crippen LogP contribution in [0.5, 0.6) is 0 Å². The molecule has 0 atom stereocenters. The molecule has 0 aromatic heterocycles.